The normalized spacial score (nSPS) is 17.8. The lowest BCUT2D eigenvalue weighted by Gasteiger charge is -2.34. The number of hydrogen-bond donors (Lipinski definition) is 4. The summed E-state index contributed by atoms with van der Waals surface area (Å²) in [5, 5.41) is 17.1. The minimum Gasteiger partial charge on any atom is -0.338 e. The fourth-order valence-electron chi connectivity index (χ4n) is 3.42. The molecule has 0 unspecified atom stereocenters. The van der Waals surface area contributed by atoms with Crippen LogP contribution < -0.4 is 10.9 Å². The molecule has 3 aromatic rings. The van der Waals surface area contributed by atoms with E-state index in [1.807, 2.05) is 13.0 Å². The molecule has 10 heteroatoms. The first-order valence-corrected chi connectivity index (χ1v) is 10.2. The highest BCUT2D eigenvalue weighted by Crippen LogP contribution is 2.58. The molecule has 1 aliphatic heterocycles. The van der Waals surface area contributed by atoms with E-state index in [-0.39, 0.29) is 18.0 Å². The quantitative estimate of drug-likeness (QED) is 0.528. The molecular weight excluding hydrogens is 380 g/mol. The summed E-state index contributed by atoms with van der Waals surface area (Å²) in [5.41, 5.74) is 1.87. The molecule has 0 amide bonds. The topological polar surface area (TPSA) is 130 Å². The van der Waals surface area contributed by atoms with Crippen LogP contribution in [-0.4, -0.2) is 35.2 Å². The van der Waals surface area contributed by atoms with Crippen molar-refractivity contribution in [2.45, 2.75) is 30.8 Å². The number of hydrogen-bond acceptors (Lipinski definition) is 7. The predicted octanol–water partition coefficient (Wildman–Crippen LogP) is 3.41. The molecule has 1 aromatic carbocycles. The van der Waals surface area contributed by atoms with Gasteiger partial charge in [-0.1, -0.05) is 0 Å². The first-order chi connectivity index (χ1) is 13.3. The zero-order chi connectivity index (χ0) is 20.1. The fourth-order valence-corrected chi connectivity index (χ4v) is 4.80. The number of nitriles is 1. The molecule has 1 atom stereocenters. The van der Waals surface area contributed by atoms with Gasteiger partial charge in [-0.25, -0.2) is 4.31 Å². The van der Waals surface area contributed by atoms with Gasteiger partial charge in [0.05, 0.1) is 28.9 Å². The van der Waals surface area contributed by atoms with Gasteiger partial charge in [0.1, 0.15) is 5.39 Å². The molecule has 0 saturated carbocycles. The molecule has 0 bridgehead atoms. The van der Waals surface area contributed by atoms with Gasteiger partial charge < -0.3 is 10.3 Å². The van der Waals surface area contributed by atoms with Crippen LogP contribution in [0.5, 0.6) is 0 Å². The van der Waals surface area contributed by atoms with Gasteiger partial charge in [0.15, 0.2) is 5.82 Å². The Morgan fingerprint density at radius 1 is 1.43 bits per heavy atom. The zero-order valence-electron chi connectivity index (χ0n) is 15.4. The van der Waals surface area contributed by atoms with Crippen LogP contribution in [0.4, 0.5) is 11.5 Å². The summed E-state index contributed by atoms with van der Waals surface area (Å²) in [6, 6.07) is 8.93. The van der Waals surface area contributed by atoms with Crippen LogP contribution in [0.15, 0.2) is 40.2 Å². The predicted molar refractivity (Wildman–Crippen MR) is 108 cm³/mol. The van der Waals surface area contributed by atoms with Gasteiger partial charge in [-0.05, 0) is 36.8 Å². The number of nitrogens with one attached hydrogen (secondary N) is 2. The second-order valence-electron chi connectivity index (χ2n) is 6.82. The molecule has 0 saturated heterocycles. The summed E-state index contributed by atoms with van der Waals surface area (Å²) in [5.74, 6) is 0.388. The molecule has 146 valence electrons. The van der Waals surface area contributed by atoms with Crippen molar-refractivity contribution in [3.63, 3.8) is 0 Å². The monoisotopic (exact) mass is 400 g/mol. The zero-order valence-corrected chi connectivity index (χ0v) is 16.2. The second kappa shape index (κ2) is 6.65. The lowest BCUT2D eigenvalue weighted by atomic mass is 10.2. The van der Waals surface area contributed by atoms with Crippen molar-refractivity contribution >= 4 is 33.2 Å². The van der Waals surface area contributed by atoms with Crippen LogP contribution in [0.3, 0.4) is 0 Å². The number of nitrogens with zero attached hydrogens (tertiary/aromatic N) is 4. The van der Waals surface area contributed by atoms with Crippen LogP contribution in [-0.2, 0) is 6.54 Å². The van der Waals surface area contributed by atoms with Crippen molar-refractivity contribution in [1.29, 1.82) is 5.26 Å². The van der Waals surface area contributed by atoms with Gasteiger partial charge in [-0.15, -0.1) is 10.8 Å². The summed E-state index contributed by atoms with van der Waals surface area (Å²) in [7, 11) is -1.27. The number of anilines is 2. The Labute approximate surface area is 162 Å². The van der Waals surface area contributed by atoms with E-state index in [4.69, 9.17) is 5.26 Å². The van der Waals surface area contributed by atoms with Crippen LogP contribution in [0.25, 0.3) is 10.9 Å². The molecule has 0 spiro atoms. The van der Waals surface area contributed by atoms with Crippen molar-refractivity contribution in [1.82, 2.24) is 19.1 Å². The molecule has 9 nitrogen and oxygen atoms in total. The summed E-state index contributed by atoms with van der Waals surface area (Å²) < 4.78 is 23.7. The maximum atomic E-state index is 12.4. The molecule has 0 fully saturated rings. The third-order valence-corrected chi connectivity index (χ3v) is 6.87. The minimum absolute atomic E-state index is 0.188. The second-order valence-corrected chi connectivity index (χ2v) is 8.92. The summed E-state index contributed by atoms with van der Waals surface area (Å²) in [4.78, 5) is 15.6. The first-order valence-electron chi connectivity index (χ1n) is 8.69. The summed E-state index contributed by atoms with van der Waals surface area (Å²) >= 11 is 0. The van der Waals surface area contributed by atoms with Crippen molar-refractivity contribution in [2.75, 3.05) is 12.4 Å². The van der Waals surface area contributed by atoms with Crippen molar-refractivity contribution < 1.29 is 9.11 Å². The standard InChI is InChI=1S/C18H20N6O3S/c1-11(5-7-19)24-14-6-8-20-18(25)16(14)17(22-24)21-13-3-4-15-12(9-13)10-23(2)28(15,26)27/h3-4,6,8-9,11,26-27H,5,10H2,1-2H3,(H,20,25)(H,21,22)/t11-/m1/s1. The Morgan fingerprint density at radius 2 is 2.21 bits per heavy atom. The van der Waals surface area contributed by atoms with Crippen molar-refractivity contribution in [2.24, 2.45) is 0 Å². The van der Waals surface area contributed by atoms with Crippen molar-refractivity contribution in [3.8, 4) is 6.07 Å². The number of aromatic nitrogens is 3. The number of benzene rings is 1. The molecule has 3 heterocycles. The smallest absolute Gasteiger partial charge is 0.261 e. The minimum atomic E-state index is -2.93. The third-order valence-electron chi connectivity index (χ3n) is 4.88. The van der Waals surface area contributed by atoms with Gasteiger partial charge in [0.2, 0.25) is 0 Å². The average molecular weight is 400 g/mol. The molecule has 28 heavy (non-hydrogen) atoms. The summed E-state index contributed by atoms with van der Waals surface area (Å²) in [6.45, 7) is 2.29. The van der Waals surface area contributed by atoms with Gasteiger partial charge in [0, 0.05) is 25.5 Å². The fraction of sp³-hybridized carbons (Fsp3) is 0.278. The molecule has 1 aliphatic rings. The van der Waals surface area contributed by atoms with Crippen LogP contribution in [0, 0.1) is 11.3 Å². The Kier molecular flexibility index (Phi) is 4.40. The van der Waals surface area contributed by atoms with Crippen LogP contribution >= 0.6 is 10.8 Å². The van der Waals surface area contributed by atoms with E-state index >= 15 is 0 Å². The Balaban J connectivity index is 1.77. The highest BCUT2D eigenvalue weighted by Gasteiger charge is 2.32. The third kappa shape index (κ3) is 2.85. The van der Waals surface area contributed by atoms with Gasteiger partial charge >= 0.3 is 0 Å². The van der Waals surface area contributed by atoms with Crippen molar-refractivity contribution in [3.05, 3.63) is 46.4 Å². The van der Waals surface area contributed by atoms with Gasteiger partial charge in [-0.2, -0.15) is 10.4 Å². The number of rotatable bonds is 4. The van der Waals surface area contributed by atoms with E-state index in [9.17, 15) is 13.9 Å². The Morgan fingerprint density at radius 3 is 2.96 bits per heavy atom. The number of fused-ring (bicyclic) bond motifs is 2. The van der Waals surface area contributed by atoms with E-state index in [1.165, 1.54) is 4.31 Å². The van der Waals surface area contributed by atoms with Gasteiger partial charge in [0.25, 0.3) is 5.56 Å². The number of H-pyrrole nitrogens is 1. The Hall–Kier alpha value is -2.84. The molecule has 0 aliphatic carbocycles. The highest BCUT2D eigenvalue weighted by molar-refractivity contribution is 8.22. The lowest BCUT2D eigenvalue weighted by molar-refractivity contribution is 0.399. The van der Waals surface area contributed by atoms with Gasteiger partial charge in [-0.3, -0.25) is 18.6 Å². The molecule has 4 N–H and O–H groups in total. The molecule has 4 rings (SSSR count). The SMILES string of the molecule is C[C@H](CC#N)n1nc(Nc2ccc3c(c2)CN(C)S3(O)O)c2c(=O)[nH]ccc21. The molecule has 2 aromatic heterocycles. The Bertz CT molecular complexity index is 1160. The van der Waals surface area contributed by atoms with Crippen LogP contribution in [0.2, 0.25) is 0 Å². The van der Waals surface area contributed by atoms with E-state index in [0.717, 1.165) is 5.56 Å². The highest BCUT2D eigenvalue weighted by atomic mass is 32.3. The maximum absolute atomic E-state index is 12.4. The van der Waals surface area contributed by atoms with Crippen LogP contribution in [0.1, 0.15) is 24.9 Å². The summed E-state index contributed by atoms with van der Waals surface area (Å²) in [6.07, 6.45) is 1.83. The van der Waals surface area contributed by atoms with E-state index in [1.54, 1.807) is 36.1 Å². The maximum Gasteiger partial charge on any atom is 0.261 e. The largest absolute Gasteiger partial charge is 0.338 e. The first kappa shape index (κ1) is 18.5. The van der Waals surface area contributed by atoms with E-state index in [2.05, 4.69) is 21.5 Å². The number of aromatic amines is 1. The lowest BCUT2D eigenvalue weighted by Crippen LogP contribution is -2.15. The molecular formula is C18H20N6O3S. The number of pyridine rings is 1. The van der Waals surface area contributed by atoms with E-state index < -0.39 is 10.8 Å². The van der Waals surface area contributed by atoms with E-state index in [0.29, 0.717) is 33.8 Å². The molecule has 0 radical (unpaired) electrons. The average Bonchev–Trinajstić information content (AvgIpc) is 3.11.